The number of benzene rings is 2. The van der Waals surface area contributed by atoms with Crippen LogP contribution in [0.25, 0.3) is 11.1 Å². The third-order valence-electron chi connectivity index (χ3n) is 8.68. The molecule has 12 nitrogen and oxygen atoms in total. The summed E-state index contributed by atoms with van der Waals surface area (Å²) in [7, 11) is 0. The summed E-state index contributed by atoms with van der Waals surface area (Å²) in [5.74, 6) is -3.64. The van der Waals surface area contributed by atoms with Crippen molar-refractivity contribution in [2.45, 2.75) is 50.9 Å². The minimum absolute atomic E-state index is 0. The first-order valence-electron chi connectivity index (χ1n) is 14.9. The average Bonchev–Trinajstić information content (AvgIpc) is 3.86. The first kappa shape index (κ1) is 32.4. The number of halogens is 1. The van der Waals surface area contributed by atoms with Crippen LogP contribution in [-0.4, -0.2) is 67.2 Å². The minimum Gasteiger partial charge on any atom is -0.540 e. The number of carbonyl (C=O) groups excluding carboxylic acids is 4. The largest absolute Gasteiger partial charge is 1.00 e. The molecular formula is C32H28FLiN6O6S. The molecule has 1 saturated heterocycles. The molecular weight excluding hydrogens is 622 g/mol. The number of likely N-dealkylation sites (tertiary alicyclic amines) is 1. The number of rotatable bonds is 7. The van der Waals surface area contributed by atoms with Gasteiger partial charge in [0.2, 0.25) is 0 Å². The van der Waals surface area contributed by atoms with Crippen LogP contribution in [0.4, 0.5) is 9.52 Å². The predicted molar refractivity (Wildman–Crippen MR) is 161 cm³/mol. The van der Waals surface area contributed by atoms with Crippen molar-refractivity contribution in [3.63, 3.8) is 0 Å². The molecule has 47 heavy (non-hydrogen) atoms. The summed E-state index contributed by atoms with van der Waals surface area (Å²) in [6.07, 6.45) is 5.64. The molecule has 3 aliphatic heterocycles. The number of imidazole rings is 1. The molecule has 2 aromatic carbocycles. The van der Waals surface area contributed by atoms with Gasteiger partial charge in [0.25, 0.3) is 17.7 Å². The van der Waals surface area contributed by atoms with Crippen molar-refractivity contribution in [3.8, 4) is 16.9 Å². The number of carbonyl (C=O) groups is 4. The van der Waals surface area contributed by atoms with E-state index in [4.69, 9.17) is 4.74 Å². The quantitative estimate of drug-likeness (QED) is 0.209. The molecule has 0 saturated carbocycles. The monoisotopic (exact) mass is 650 g/mol. The van der Waals surface area contributed by atoms with E-state index in [0.717, 1.165) is 25.1 Å². The van der Waals surface area contributed by atoms with Gasteiger partial charge in [0, 0.05) is 60.9 Å². The number of carboxylic acids is 1. The zero-order valence-corrected chi connectivity index (χ0v) is 26.3. The van der Waals surface area contributed by atoms with Crippen molar-refractivity contribution < 1.29 is 52.3 Å². The fraction of sp³-hybridized carbons (Fsp3) is 0.312. The molecule has 1 fully saturated rings. The number of amides is 3. The van der Waals surface area contributed by atoms with E-state index in [1.165, 1.54) is 27.2 Å². The Bertz CT molecular complexity index is 1840. The summed E-state index contributed by atoms with van der Waals surface area (Å²) in [6.45, 7) is 1.21. The summed E-state index contributed by atoms with van der Waals surface area (Å²) in [5.41, 5.74) is 2.96. The molecule has 4 aromatic rings. The van der Waals surface area contributed by atoms with Gasteiger partial charge in [-0.25, -0.2) is 14.4 Å². The zero-order valence-electron chi connectivity index (χ0n) is 25.5. The van der Waals surface area contributed by atoms with Gasteiger partial charge in [-0.15, -0.1) is 11.3 Å². The molecule has 236 valence electrons. The summed E-state index contributed by atoms with van der Waals surface area (Å²) in [6, 6.07) is 8.98. The van der Waals surface area contributed by atoms with Gasteiger partial charge >= 0.3 is 18.9 Å². The summed E-state index contributed by atoms with van der Waals surface area (Å²) < 4.78 is 23.7. The molecule has 1 unspecified atom stereocenters. The van der Waals surface area contributed by atoms with Crippen LogP contribution >= 0.6 is 11.3 Å². The van der Waals surface area contributed by atoms with Gasteiger partial charge in [0.05, 0.1) is 18.6 Å². The molecule has 1 N–H and O–H groups in total. The van der Waals surface area contributed by atoms with E-state index >= 15 is 4.39 Å². The summed E-state index contributed by atoms with van der Waals surface area (Å²) in [4.78, 5) is 61.3. The van der Waals surface area contributed by atoms with Crippen molar-refractivity contribution in [1.82, 2.24) is 24.3 Å². The van der Waals surface area contributed by atoms with Crippen LogP contribution in [0, 0.1) is 5.82 Å². The van der Waals surface area contributed by atoms with E-state index in [1.807, 2.05) is 4.57 Å². The molecule has 3 amide bonds. The van der Waals surface area contributed by atoms with Crippen molar-refractivity contribution in [3.05, 3.63) is 82.6 Å². The van der Waals surface area contributed by atoms with Crippen LogP contribution in [0.3, 0.4) is 0 Å². The number of aliphatic carboxylic acids is 1. The number of hydrogen-bond acceptors (Lipinski definition) is 9. The predicted octanol–water partition coefficient (Wildman–Crippen LogP) is -0.449. The van der Waals surface area contributed by atoms with Crippen LogP contribution in [-0.2, 0) is 33.9 Å². The first-order chi connectivity index (χ1) is 22.3. The smallest absolute Gasteiger partial charge is 0.540 e. The van der Waals surface area contributed by atoms with Gasteiger partial charge in [-0.1, -0.05) is 12.1 Å². The van der Waals surface area contributed by atoms with E-state index in [-0.39, 0.29) is 55.7 Å². The third-order valence-corrected chi connectivity index (χ3v) is 9.37. The van der Waals surface area contributed by atoms with Crippen molar-refractivity contribution >= 4 is 40.2 Å². The Kier molecular flexibility index (Phi) is 9.18. The van der Waals surface area contributed by atoms with Crippen LogP contribution in [0.1, 0.15) is 52.6 Å². The Labute approximate surface area is 284 Å². The number of nitrogens with one attached hydrogen (secondary N) is 1. The Hall–Kier alpha value is -4.51. The van der Waals surface area contributed by atoms with Crippen molar-refractivity contribution in [1.29, 1.82) is 0 Å². The van der Waals surface area contributed by atoms with Gasteiger partial charge in [0.1, 0.15) is 23.6 Å². The molecule has 2 aromatic heterocycles. The Morgan fingerprint density at radius 3 is 2.53 bits per heavy atom. The number of anilines is 1. The number of aromatic nitrogens is 3. The summed E-state index contributed by atoms with van der Waals surface area (Å²) >= 11 is 1.26. The van der Waals surface area contributed by atoms with Gasteiger partial charge in [0.15, 0.2) is 11.2 Å². The van der Waals surface area contributed by atoms with Gasteiger partial charge in [-0.05, 0) is 48.2 Å². The average molecular weight is 651 g/mol. The SMILES string of the molecule is O=C([O-])C(=O)N1CCC(Oc2ccc(-c3cc(F)c4c(c3)C(=O)N(C(C(=O)Nc3nccs3)c3ncn5c3CCC5)C4)cc2)CC1.[Li+]. The van der Waals surface area contributed by atoms with E-state index in [1.54, 1.807) is 48.2 Å². The molecule has 0 spiro atoms. The van der Waals surface area contributed by atoms with Crippen LogP contribution < -0.4 is 34.0 Å². The van der Waals surface area contributed by atoms with E-state index in [9.17, 15) is 24.3 Å². The number of piperidine rings is 1. The number of hydrogen-bond donors (Lipinski definition) is 1. The minimum atomic E-state index is -1.72. The number of nitrogens with zero attached hydrogens (tertiary/aromatic N) is 5. The van der Waals surface area contributed by atoms with Gasteiger partial charge in [-0.2, -0.15) is 0 Å². The maximum atomic E-state index is 15.6. The van der Waals surface area contributed by atoms with Crippen LogP contribution in [0.15, 0.2) is 54.3 Å². The van der Waals surface area contributed by atoms with Crippen LogP contribution in [0.5, 0.6) is 5.75 Å². The Balaban J connectivity index is 0.00000386. The second-order valence-corrected chi connectivity index (χ2v) is 12.3. The fourth-order valence-corrected chi connectivity index (χ4v) is 6.92. The van der Waals surface area contributed by atoms with E-state index in [2.05, 4.69) is 15.3 Å². The topological polar surface area (TPSA) is 150 Å². The summed E-state index contributed by atoms with van der Waals surface area (Å²) in [5, 5.41) is 15.8. The number of ether oxygens (including phenoxy) is 1. The molecule has 5 heterocycles. The maximum absolute atomic E-state index is 15.6. The van der Waals surface area contributed by atoms with Gasteiger partial charge < -0.3 is 29.0 Å². The third kappa shape index (κ3) is 6.28. The Morgan fingerprint density at radius 2 is 1.83 bits per heavy atom. The van der Waals surface area contributed by atoms with Crippen molar-refractivity contribution in [2.75, 3.05) is 18.4 Å². The molecule has 3 aliphatic rings. The number of fused-ring (bicyclic) bond motifs is 2. The molecule has 7 rings (SSSR count). The van der Waals surface area contributed by atoms with E-state index < -0.39 is 35.5 Å². The number of carboxylic acid groups (broad SMARTS) is 1. The standard InChI is InChI=1S/C32H29FN6O6S.Li/c33-24-15-19(18-3-5-20(6-4-18)45-21-7-11-37(12-8-21)30(42)31(43)44)14-22-23(24)16-39(29(22)41)27(28(40)36-32-34-9-13-46-32)26-25-2-1-10-38(25)17-35-26;/h3-6,9,13-15,17,21,27H,1-2,7-8,10-12,16H2,(H,43,44)(H,34,36,40);/q;+1/p-1. The normalized spacial score (nSPS) is 16.3. The zero-order chi connectivity index (χ0) is 31.9. The molecule has 0 radical (unpaired) electrons. The molecule has 1 atom stereocenters. The van der Waals surface area contributed by atoms with Crippen molar-refractivity contribution in [2.24, 2.45) is 0 Å². The Morgan fingerprint density at radius 1 is 1.06 bits per heavy atom. The first-order valence-corrected chi connectivity index (χ1v) is 15.8. The molecule has 0 bridgehead atoms. The van der Waals surface area contributed by atoms with Crippen LogP contribution in [0.2, 0.25) is 0 Å². The fourth-order valence-electron chi connectivity index (χ4n) is 6.39. The number of aryl methyl sites for hydroxylation is 1. The maximum Gasteiger partial charge on any atom is 1.00 e. The second kappa shape index (κ2) is 13.3. The molecule has 15 heteroatoms. The molecule has 0 aliphatic carbocycles. The second-order valence-electron chi connectivity index (χ2n) is 11.4. The number of thiazole rings is 1. The van der Waals surface area contributed by atoms with Gasteiger partial charge in [-0.3, -0.25) is 19.7 Å². The van der Waals surface area contributed by atoms with E-state index in [0.29, 0.717) is 40.5 Å².